The number of carbonyl (C=O) groups is 1. The van der Waals surface area contributed by atoms with Crippen LogP contribution in [0, 0.1) is 6.92 Å². The molecule has 0 aliphatic rings. The standard InChI is InChI=1S/C15H16N4O3/c1-3-21-14(20)7-8-19-13-6-4-5-11(12(13)9-16-19)15-17-10(2)22-18-15/h4-6,9H,3,7-8H2,1-2H3. The van der Waals surface area contributed by atoms with Crippen molar-refractivity contribution in [1.29, 1.82) is 0 Å². The van der Waals surface area contributed by atoms with Gasteiger partial charge in [0.1, 0.15) is 0 Å². The lowest BCUT2D eigenvalue weighted by atomic mass is 10.1. The van der Waals surface area contributed by atoms with Crippen LogP contribution in [-0.2, 0) is 16.1 Å². The number of carbonyl (C=O) groups excluding carboxylic acids is 1. The minimum absolute atomic E-state index is 0.226. The molecule has 0 aliphatic heterocycles. The van der Waals surface area contributed by atoms with E-state index < -0.39 is 0 Å². The van der Waals surface area contributed by atoms with Crippen molar-refractivity contribution in [2.45, 2.75) is 26.8 Å². The Morgan fingerprint density at radius 1 is 1.41 bits per heavy atom. The number of rotatable bonds is 5. The highest BCUT2D eigenvalue weighted by Gasteiger charge is 2.13. The summed E-state index contributed by atoms with van der Waals surface area (Å²) in [5.74, 6) is 0.825. The van der Waals surface area contributed by atoms with E-state index in [0.29, 0.717) is 24.9 Å². The minimum atomic E-state index is -0.226. The monoisotopic (exact) mass is 300 g/mol. The molecular weight excluding hydrogens is 284 g/mol. The first kappa shape index (κ1) is 14.2. The fraction of sp³-hybridized carbons (Fsp3) is 0.333. The Balaban J connectivity index is 1.90. The van der Waals surface area contributed by atoms with E-state index in [1.54, 1.807) is 24.7 Å². The molecule has 0 unspecified atom stereocenters. The van der Waals surface area contributed by atoms with Gasteiger partial charge >= 0.3 is 5.97 Å². The smallest absolute Gasteiger partial charge is 0.307 e. The number of ether oxygens (including phenoxy) is 1. The van der Waals surface area contributed by atoms with Gasteiger partial charge in [-0.05, 0) is 13.0 Å². The van der Waals surface area contributed by atoms with E-state index in [2.05, 4.69) is 15.2 Å². The van der Waals surface area contributed by atoms with Crippen molar-refractivity contribution in [1.82, 2.24) is 19.9 Å². The maximum Gasteiger partial charge on any atom is 0.307 e. The Morgan fingerprint density at radius 2 is 2.27 bits per heavy atom. The average Bonchev–Trinajstić information content (AvgIpc) is 3.11. The Labute approximate surface area is 126 Å². The number of esters is 1. The van der Waals surface area contributed by atoms with Crippen LogP contribution >= 0.6 is 0 Å². The Kier molecular flexibility index (Phi) is 3.86. The lowest BCUT2D eigenvalue weighted by Gasteiger charge is -2.04. The summed E-state index contributed by atoms with van der Waals surface area (Å²) in [6, 6.07) is 5.78. The predicted octanol–water partition coefficient (Wildman–Crippen LogP) is 2.35. The number of hydrogen-bond donors (Lipinski definition) is 0. The van der Waals surface area contributed by atoms with Crippen molar-refractivity contribution >= 4 is 16.9 Å². The molecule has 0 aliphatic carbocycles. The molecule has 1 aromatic carbocycles. The molecule has 2 aromatic heterocycles. The predicted molar refractivity (Wildman–Crippen MR) is 79.0 cm³/mol. The second-order valence-electron chi connectivity index (χ2n) is 4.80. The third-order valence-corrected chi connectivity index (χ3v) is 3.29. The van der Waals surface area contributed by atoms with E-state index >= 15 is 0 Å². The van der Waals surface area contributed by atoms with Gasteiger partial charge in [-0.15, -0.1) is 0 Å². The van der Waals surface area contributed by atoms with Crippen molar-refractivity contribution in [3.8, 4) is 11.4 Å². The summed E-state index contributed by atoms with van der Waals surface area (Å²) in [5, 5.41) is 9.21. The van der Waals surface area contributed by atoms with E-state index in [1.807, 2.05) is 18.2 Å². The van der Waals surface area contributed by atoms with Crippen LogP contribution in [0.25, 0.3) is 22.3 Å². The summed E-state index contributed by atoms with van der Waals surface area (Å²) < 4.78 is 11.7. The van der Waals surface area contributed by atoms with Crippen molar-refractivity contribution in [3.05, 3.63) is 30.3 Å². The summed E-state index contributed by atoms with van der Waals surface area (Å²) in [7, 11) is 0. The SMILES string of the molecule is CCOC(=O)CCn1ncc2c(-c3noc(C)n3)cccc21. The second-order valence-corrected chi connectivity index (χ2v) is 4.80. The highest BCUT2D eigenvalue weighted by molar-refractivity contribution is 5.92. The maximum absolute atomic E-state index is 11.5. The van der Waals surface area contributed by atoms with E-state index in [0.717, 1.165) is 16.5 Å². The zero-order chi connectivity index (χ0) is 15.5. The summed E-state index contributed by atoms with van der Waals surface area (Å²) in [6.45, 7) is 4.40. The van der Waals surface area contributed by atoms with Gasteiger partial charge in [-0.3, -0.25) is 9.48 Å². The Bertz CT molecular complexity index is 806. The Hall–Kier alpha value is -2.70. The normalized spacial score (nSPS) is 11.0. The van der Waals surface area contributed by atoms with Crippen LogP contribution in [0.2, 0.25) is 0 Å². The van der Waals surface area contributed by atoms with Crippen molar-refractivity contribution in [2.75, 3.05) is 6.61 Å². The number of aryl methyl sites for hydroxylation is 2. The molecule has 0 radical (unpaired) electrons. The van der Waals surface area contributed by atoms with Crippen molar-refractivity contribution < 1.29 is 14.1 Å². The Morgan fingerprint density at radius 3 is 3.00 bits per heavy atom. The molecular formula is C15H16N4O3. The number of nitrogens with zero attached hydrogens (tertiary/aromatic N) is 4. The number of hydrogen-bond acceptors (Lipinski definition) is 6. The molecule has 3 rings (SSSR count). The molecule has 0 atom stereocenters. The number of aromatic nitrogens is 4. The zero-order valence-electron chi connectivity index (χ0n) is 12.4. The van der Waals surface area contributed by atoms with Crippen LogP contribution in [0.1, 0.15) is 19.2 Å². The molecule has 3 aromatic rings. The average molecular weight is 300 g/mol. The molecule has 114 valence electrons. The first-order chi connectivity index (χ1) is 10.7. The minimum Gasteiger partial charge on any atom is -0.466 e. The first-order valence-corrected chi connectivity index (χ1v) is 7.10. The largest absolute Gasteiger partial charge is 0.466 e. The number of fused-ring (bicyclic) bond motifs is 1. The summed E-state index contributed by atoms with van der Waals surface area (Å²) in [6.07, 6.45) is 2.04. The highest BCUT2D eigenvalue weighted by atomic mass is 16.5. The molecule has 2 heterocycles. The molecule has 0 spiro atoms. The third-order valence-electron chi connectivity index (χ3n) is 3.29. The third kappa shape index (κ3) is 2.69. The quantitative estimate of drug-likeness (QED) is 0.673. The molecule has 0 saturated carbocycles. The second kappa shape index (κ2) is 5.97. The fourth-order valence-electron chi connectivity index (χ4n) is 2.32. The molecule has 7 nitrogen and oxygen atoms in total. The number of benzene rings is 1. The van der Waals surface area contributed by atoms with E-state index in [1.165, 1.54) is 0 Å². The summed E-state index contributed by atoms with van der Waals surface area (Å²) >= 11 is 0. The molecule has 0 saturated heterocycles. The summed E-state index contributed by atoms with van der Waals surface area (Å²) in [4.78, 5) is 15.7. The van der Waals surface area contributed by atoms with Crippen molar-refractivity contribution in [3.63, 3.8) is 0 Å². The molecule has 0 fully saturated rings. The van der Waals surface area contributed by atoms with Gasteiger partial charge in [0.2, 0.25) is 11.7 Å². The van der Waals surface area contributed by atoms with Gasteiger partial charge in [0.25, 0.3) is 0 Å². The highest BCUT2D eigenvalue weighted by Crippen LogP contribution is 2.26. The van der Waals surface area contributed by atoms with Gasteiger partial charge in [-0.2, -0.15) is 10.1 Å². The lowest BCUT2D eigenvalue weighted by molar-refractivity contribution is -0.143. The van der Waals surface area contributed by atoms with Gasteiger partial charge < -0.3 is 9.26 Å². The molecule has 22 heavy (non-hydrogen) atoms. The van der Waals surface area contributed by atoms with Crippen molar-refractivity contribution in [2.24, 2.45) is 0 Å². The molecule has 0 bridgehead atoms. The van der Waals surface area contributed by atoms with E-state index in [9.17, 15) is 4.79 Å². The molecule has 7 heteroatoms. The maximum atomic E-state index is 11.5. The topological polar surface area (TPSA) is 83.0 Å². The van der Waals surface area contributed by atoms with Gasteiger partial charge in [0.15, 0.2) is 0 Å². The van der Waals surface area contributed by atoms with Gasteiger partial charge in [0.05, 0.1) is 31.3 Å². The summed E-state index contributed by atoms with van der Waals surface area (Å²) in [5.41, 5.74) is 1.78. The van der Waals surface area contributed by atoms with Crippen LogP contribution in [0.4, 0.5) is 0 Å². The fourth-order valence-corrected chi connectivity index (χ4v) is 2.32. The van der Waals surface area contributed by atoms with E-state index in [4.69, 9.17) is 9.26 Å². The van der Waals surface area contributed by atoms with Gasteiger partial charge in [0, 0.05) is 17.9 Å². The lowest BCUT2D eigenvalue weighted by Crippen LogP contribution is -2.09. The van der Waals surface area contributed by atoms with Gasteiger partial charge in [-0.25, -0.2) is 0 Å². The first-order valence-electron chi connectivity index (χ1n) is 7.10. The van der Waals surface area contributed by atoms with Crippen LogP contribution in [0.5, 0.6) is 0 Å². The molecule has 0 N–H and O–H groups in total. The van der Waals surface area contributed by atoms with Crippen LogP contribution < -0.4 is 0 Å². The van der Waals surface area contributed by atoms with Gasteiger partial charge in [-0.1, -0.05) is 17.3 Å². The zero-order valence-corrected chi connectivity index (χ0v) is 12.4. The van der Waals surface area contributed by atoms with E-state index in [-0.39, 0.29) is 12.4 Å². The van der Waals surface area contributed by atoms with Crippen LogP contribution in [0.3, 0.4) is 0 Å². The van der Waals surface area contributed by atoms with Crippen LogP contribution in [0.15, 0.2) is 28.9 Å². The molecule has 0 amide bonds. The van der Waals surface area contributed by atoms with Crippen LogP contribution in [-0.4, -0.2) is 32.5 Å².